The average Bonchev–Trinajstić information content (AvgIpc) is 2.95. The van der Waals surface area contributed by atoms with Crippen LogP contribution in [0.15, 0.2) is 64.0 Å². The van der Waals surface area contributed by atoms with Crippen LogP contribution < -0.4 is 0 Å². The number of carbonyl (C=O) groups is 1. The predicted octanol–water partition coefficient (Wildman–Crippen LogP) is 4.60. The molecule has 0 bridgehead atoms. The van der Waals surface area contributed by atoms with E-state index in [4.69, 9.17) is 9.15 Å². The normalized spacial score (nSPS) is 10.6. The van der Waals surface area contributed by atoms with E-state index in [0.29, 0.717) is 22.6 Å². The summed E-state index contributed by atoms with van der Waals surface area (Å²) in [7, 11) is 0. The van der Waals surface area contributed by atoms with Gasteiger partial charge in [-0.25, -0.2) is 9.78 Å². The Labute approximate surface area is 135 Å². The van der Waals surface area contributed by atoms with Crippen LogP contribution in [0.3, 0.4) is 0 Å². The van der Waals surface area contributed by atoms with Crippen LogP contribution in [0.2, 0.25) is 0 Å². The van der Waals surface area contributed by atoms with Crippen molar-refractivity contribution in [2.45, 2.75) is 0 Å². The summed E-state index contributed by atoms with van der Waals surface area (Å²) in [5, 5.41) is 0. The van der Waals surface area contributed by atoms with Crippen molar-refractivity contribution in [2.24, 2.45) is 0 Å². The Morgan fingerprint density at radius 1 is 1.32 bits per heavy atom. The SMILES string of the molecule is C=CCOC(=O)c1ccc2oc(-c3ccccc3Br)nc2c1. The smallest absolute Gasteiger partial charge is 0.338 e. The fourth-order valence-corrected chi connectivity index (χ4v) is 2.48. The summed E-state index contributed by atoms with van der Waals surface area (Å²) in [6, 6.07) is 12.7. The molecule has 0 amide bonds. The molecule has 0 aliphatic rings. The van der Waals surface area contributed by atoms with Crippen LogP contribution in [-0.2, 0) is 4.74 Å². The van der Waals surface area contributed by atoms with Crippen LogP contribution in [0.5, 0.6) is 0 Å². The van der Waals surface area contributed by atoms with Gasteiger partial charge in [-0.15, -0.1) is 0 Å². The Balaban J connectivity index is 1.99. The molecule has 0 fully saturated rings. The van der Waals surface area contributed by atoms with E-state index in [1.54, 1.807) is 18.2 Å². The van der Waals surface area contributed by atoms with Crippen molar-refractivity contribution in [3.8, 4) is 11.5 Å². The Kier molecular flexibility index (Phi) is 4.06. The van der Waals surface area contributed by atoms with Gasteiger partial charge in [0.25, 0.3) is 0 Å². The molecule has 0 unspecified atom stereocenters. The van der Waals surface area contributed by atoms with Crippen molar-refractivity contribution in [3.63, 3.8) is 0 Å². The minimum atomic E-state index is -0.410. The second-order valence-corrected chi connectivity index (χ2v) is 5.42. The lowest BCUT2D eigenvalue weighted by Crippen LogP contribution is -2.04. The van der Waals surface area contributed by atoms with E-state index in [-0.39, 0.29) is 6.61 Å². The molecular weight excluding hydrogens is 346 g/mol. The molecule has 110 valence electrons. The molecule has 0 atom stereocenters. The van der Waals surface area contributed by atoms with Crippen molar-refractivity contribution >= 4 is 33.0 Å². The maximum Gasteiger partial charge on any atom is 0.338 e. The molecule has 4 nitrogen and oxygen atoms in total. The Morgan fingerprint density at radius 3 is 2.91 bits per heavy atom. The molecule has 3 aromatic rings. The van der Waals surface area contributed by atoms with Gasteiger partial charge < -0.3 is 9.15 Å². The summed E-state index contributed by atoms with van der Waals surface area (Å²) < 4.78 is 11.7. The molecular formula is C17H12BrNO3. The van der Waals surface area contributed by atoms with Crippen molar-refractivity contribution < 1.29 is 13.9 Å². The van der Waals surface area contributed by atoms with Gasteiger partial charge in [0.15, 0.2) is 5.58 Å². The number of fused-ring (bicyclic) bond motifs is 1. The number of halogens is 1. The van der Waals surface area contributed by atoms with Gasteiger partial charge >= 0.3 is 5.97 Å². The number of oxazole rings is 1. The number of hydrogen-bond donors (Lipinski definition) is 0. The molecule has 0 spiro atoms. The van der Waals surface area contributed by atoms with Crippen LogP contribution in [0.4, 0.5) is 0 Å². The molecule has 3 rings (SSSR count). The van der Waals surface area contributed by atoms with Gasteiger partial charge in [0.05, 0.1) is 11.1 Å². The van der Waals surface area contributed by atoms with E-state index in [1.165, 1.54) is 6.08 Å². The number of nitrogens with zero attached hydrogens (tertiary/aromatic N) is 1. The topological polar surface area (TPSA) is 52.3 Å². The minimum absolute atomic E-state index is 0.178. The molecule has 0 aliphatic carbocycles. The van der Waals surface area contributed by atoms with E-state index in [9.17, 15) is 4.79 Å². The van der Waals surface area contributed by atoms with Crippen LogP contribution in [0.25, 0.3) is 22.6 Å². The van der Waals surface area contributed by atoms with Gasteiger partial charge in [0.2, 0.25) is 5.89 Å². The molecule has 0 aliphatic heterocycles. The number of benzene rings is 2. The Morgan fingerprint density at radius 2 is 2.14 bits per heavy atom. The zero-order valence-electron chi connectivity index (χ0n) is 11.6. The van der Waals surface area contributed by atoms with Gasteiger partial charge in [-0.1, -0.05) is 24.8 Å². The lowest BCUT2D eigenvalue weighted by Gasteiger charge is -2.00. The fraction of sp³-hybridized carbons (Fsp3) is 0.0588. The van der Waals surface area contributed by atoms with Gasteiger partial charge in [-0.2, -0.15) is 0 Å². The van der Waals surface area contributed by atoms with Crippen molar-refractivity contribution in [1.29, 1.82) is 0 Å². The maximum absolute atomic E-state index is 11.8. The van der Waals surface area contributed by atoms with Crippen molar-refractivity contribution in [1.82, 2.24) is 4.98 Å². The second kappa shape index (κ2) is 6.15. The number of hydrogen-bond acceptors (Lipinski definition) is 4. The first kappa shape index (κ1) is 14.5. The fourth-order valence-electron chi connectivity index (χ4n) is 2.02. The number of carbonyl (C=O) groups excluding carboxylic acids is 1. The summed E-state index contributed by atoms with van der Waals surface area (Å²) in [6.07, 6.45) is 1.53. The maximum atomic E-state index is 11.8. The zero-order valence-corrected chi connectivity index (χ0v) is 13.2. The van der Waals surface area contributed by atoms with Crippen LogP contribution >= 0.6 is 15.9 Å². The van der Waals surface area contributed by atoms with Crippen LogP contribution in [-0.4, -0.2) is 17.6 Å². The van der Waals surface area contributed by atoms with E-state index >= 15 is 0 Å². The molecule has 2 aromatic carbocycles. The third kappa shape index (κ3) is 2.80. The summed E-state index contributed by atoms with van der Waals surface area (Å²) in [4.78, 5) is 16.3. The molecule has 22 heavy (non-hydrogen) atoms. The number of ether oxygens (including phenoxy) is 1. The summed E-state index contributed by atoms with van der Waals surface area (Å²) >= 11 is 3.47. The Hall–Kier alpha value is -2.40. The number of rotatable bonds is 4. The second-order valence-electron chi connectivity index (χ2n) is 4.57. The molecule has 1 heterocycles. The first-order chi connectivity index (χ1) is 10.7. The largest absolute Gasteiger partial charge is 0.458 e. The highest BCUT2D eigenvalue weighted by molar-refractivity contribution is 9.10. The predicted molar refractivity (Wildman–Crippen MR) is 87.6 cm³/mol. The lowest BCUT2D eigenvalue weighted by atomic mass is 10.2. The molecule has 0 radical (unpaired) electrons. The first-order valence-electron chi connectivity index (χ1n) is 6.62. The zero-order chi connectivity index (χ0) is 15.5. The van der Waals surface area contributed by atoms with Gasteiger partial charge in [0, 0.05) is 4.47 Å². The minimum Gasteiger partial charge on any atom is -0.458 e. The van der Waals surface area contributed by atoms with Crippen LogP contribution in [0.1, 0.15) is 10.4 Å². The molecule has 0 saturated carbocycles. The molecule has 1 aromatic heterocycles. The van der Waals surface area contributed by atoms with Crippen molar-refractivity contribution in [3.05, 3.63) is 65.2 Å². The van der Waals surface area contributed by atoms with Crippen molar-refractivity contribution in [2.75, 3.05) is 6.61 Å². The summed E-state index contributed by atoms with van der Waals surface area (Å²) in [5.41, 5.74) is 2.51. The van der Waals surface area contributed by atoms with E-state index < -0.39 is 5.97 Å². The molecule has 5 heteroatoms. The Bertz CT molecular complexity index is 854. The lowest BCUT2D eigenvalue weighted by molar-refractivity contribution is 0.0550. The van der Waals surface area contributed by atoms with Gasteiger partial charge in [-0.05, 0) is 46.3 Å². The van der Waals surface area contributed by atoms with Gasteiger partial charge in [-0.3, -0.25) is 0 Å². The quantitative estimate of drug-likeness (QED) is 0.505. The third-order valence-electron chi connectivity index (χ3n) is 3.06. The van der Waals surface area contributed by atoms with E-state index in [0.717, 1.165) is 10.0 Å². The summed E-state index contributed by atoms with van der Waals surface area (Å²) in [5.74, 6) is 0.0892. The standard InChI is InChI=1S/C17H12BrNO3/c1-2-9-21-17(20)11-7-8-15-14(10-11)19-16(22-15)12-5-3-4-6-13(12)18/h2-8,10H,1,9H2. The van der Waals surface area contributed by atoms with E-state index in [2.05, 4.69) is 27.5 Å². The molecule has 0 saturated heterocycles. The first-order valence-corrected chi connectivity index (χ1v) is 7.42. The third-order valence-corrected chi connectivity index (χ3v) is 3.75. The average molecular weight is 358 g/mol. The highest BCUT2D eigenvalue weighted by atomic mass is 79.9. The van der Waals surface area contributed by atoms with E-state index in [1.807, 2.05) is 24.3 Å². The van der Waals surface area contributed by atoms with Gasteiger partial charge in [0.1, 0.15) is 12.1 Å². The molecule has 0 N–H and O–H groups in total. The number of aromatic nitrogens is 1. The van der Waals surface area contributed by atoms with Crippen LogP contribution in [0, 0.1) is 0 Å². The number of esters is 1. The highest BCUT2D eigenvalue weighted by Gasteiger charge is 2.13. The summed E-state index contributed by atoms with van der Waals surface area (Å²) in [6.45, 7) is 3.69. The highest BCUT2D eigenvalue weighted by Crippen LogP contribution is 2.30. The monoisotopic (exact) mass is 357 g/mol.